The number of allylic oxidation sites excluding steroid dienone is 1. The molecule has 1 N–H and O–H groups in total. The predicted molar refractivity (Wildman–Crippen MR) is 71.7 cm³/mol. The molecule has 1 rings (SSSR count). The van der Waals surface area contributed by atoms with Gasteiger partial charge < -0.3 is 10.0 Å². The van der Waals surface area contributed by atoms with E-state index in [0.29, 0.717) is 5.56 Å². The van der Waals surface area contributed by atoms with Crippen molar-refractivity contribution in [3.63, 3.8) is 0 Å². The topological polar surface area (TPSA) is 66.6 Å². The van der Waals surface area contributed by atoms with Crippen LogP contribution in [0.2, 0.25) is 0 Å². The van der Waals surface area contributed by atoms with Gasteiger partial charge in [-0.25, -0.2) is 0 Å². The third-order valence-electron chi connectivity index (χ3n) is 2.76. The first-order valence-corrected chi connectivity index (χ1v) is 5.80. The van der Waals surface area contributed by atoms with Crippen molar-refractivity contribution in [1.29, 1.82) is 0 Å². The fourth-order valence-corrected chi connectivity index (χ4v) is 1.78. The number of aliphatic hydroxyl groups excluding tert-OH is 1. The van der Waals surface area contributed by atoms with Gasteiger partial charge in [-0.1, -0.05) is 6.08 Å². The second-order valence-corrected chi connectivity index (χ2v) is 4.08. The van der Waals surface area contributed by atoms with Crippen LogP contribution in [0.4, 0.5) is 11.4 Å². The predicted octanol–water partition coefficient (Wildman–Crippen LogP) is 2.49. The molecule has 0 aromatic heterocycles. The van der Waals surface area contributed by atoms with Crippen molar-refractivity contribution in [2.24, 2.45) is 0 Å². The highest BCUT2D eigenvalue weighted by Gasteiger charge is 2.12. The van der Waals surface area contributed by atoms with Crippen molar-refractivity contribution in [1.82, 2.24) is 0 Å². The Labute approximate surface area is 107 Å². The molecule has 0 fully saturated rings. The molecule has 0 atom stereocenters. The fourth-order valence-electron chi connectivity index (χ4n) is 1.78. The molecule has 0 saturated heterocycles. The Kier molecular flexibility index (Phi) is 5.32. The lowest BCUT2D eigenvalue weighted by Gasteiger charge is -2.21. The normalized spacial score (nSPS) is 10.1. The molecule has 0 bridgehead atoms. The molecule has 0 saturated carbocycles. The van der Waals surface area contributed by atoms with Gasteiger partial charge in [-0.3, -0.25) is 10.1 Å². The number of nitrogens with zero attached hydrogens (tertiary/aromatic N) is 2. The summed E-state index contributed by atoms with van der Waals surface area (Å²) < 4.78 is 0. The van der Waals surface area contributed by atoms with E-state index in [1.165, 1.54) is 12.1 Å². The zero-order valence-electron chi connectivity index (χ0n) is 10.5. The van der Waals surface area contributed by atoms with Gasteiger partial charge in [0.05, 0.1) is 11.5 Å². The highest BCUT2D eigenvalue weighted by Crippen LogP contribution is 2.25. The summed E-state index contributed by atoms with van der Waals surface area (Å²) in [5.74, 6) is 0. The summed E-state index contributed by atoms with van der Waals surface area (Å²) in [6.45, 7) is 4.27. The van der Waals surface area contributed by atoms with Crippen molar-refractivity contribution in [3.05, 3.63) is 46.5 Å². The van der Waals surface area contributed by atoms with Crippen molar-refractivity contribution in [2.75, 3.05) is 18.5 Å². The molecule has 0 unspecified atom stereocenters. The average Bonchev–Trinajstić information content (AvgIpc) is 2.38. The van der Waals surface area contributed by atoms with Crippen LogP contribution in [-0.2, 0) is 6.61 Å². The lowest BCUT2D eigenvalue weighted by molar-refractivity contribution is -0.384. The maximum atomic E-state index is 10.7. The van der Waals surface area contributed by atoms with E-state index < -0.39 is 4.92 Å². The van der Waals surface area contributed by atoms with Crippen LogP contribution < -0.4 is 4.90 Å². The number of non-ortho nitro benzene ring substituents is 1. The third-order valence-corrected chi connectivity index (χ3v) is 2.76. The molecule has 1 aromatic rings. The summed E-state index contributed by atoms with van der Waals surface area (Å²) in [6, 6.07) is 4.55. The molecular formula is C13H18N2O3. The van der Waals surface area contributed by atoms with Gasteiger partial charge in [0.2, 0.25) is 0 Å². The number of benzene rings is 1. The molecule has 0 aliphatic rings. The lowest BCUT2D eigenvalue weighted by atomic mass is 10.1. The van der Waals surface area contributed by atoms with E-state index >= 15 is 0 Å². The van der Waals surface area contributed by atoms with Gasteiger partial charge in [-0.05, 0) is 18.9 Å². The molecule has 0 heterocycles. The van der Waals surface area contributed by atoms with Gasteiger partial charge in [0.25, 0.3) is 5.69 Å². The zero-order valence-corrected chi connectivity index (χ0v) is 10.5. The Morgan fingerprint density at radius 2 is 2.28 bits per heavy atom. The number of rotatable bonds is 7. The molecule has 1 aromatic carbocycles. The summed E-state index contributed by atoms with van der Waals surface area (Å²) >= 11 is 0. The molecule has 18 heavy (non-hydrogen) atoms. The smallest absolute Gasteiger partial charge is 0.269 e. The van der Waals surface area contributed by atoms with Gasteiger partial charge in [0, 0.05) is 37.0 Å². The molecule has 0 aliphatic heterocycles. The minimum atomic E-state index is -0.458. The van der Waals surface area contributed by atoms with E-state index in [0.717, 1.165) is 25.1 Å². The minimum Gasteiger partial charge on any atom is -0.392 e. The highest BCUT2D eigenvalue weighted by atomic mass is 16.6. The summed E-state index contributed by atoms with van der Waals surface area (Å²) in [6.07, 6.45) is 3.74. The standard InChI is InChI=1S/C13H18N2O3/c1-3-4-5-8-14(2)13-7-6-12(15(17)18)9-11(13)10-16/h3,6-7,9,16H,1,4-5,8,10H2,2H3. The number of aliphatic hydroxyl groups is 1. The molecule has 5 nitrogen and oxygen atoms in total. The Hall–Kier alpha value is -1.88. The quantitative estimate of drug-likeness (QED) is 0.349. The van der Waals surface area contributed by atoms with Gasteiger partial charge in [-0.15, -0.1) is 6.58 Å². The van der Waals surface area contributed by atoms with Crippen LogP contribution >= 0.6 is 0 Å². The van der Waals surface area contributed by atoms with Crippen LogP contribution in [-0.4, -0.2) is 23.6 Å². The molecule has 0 aliphatic carbocycles. The largest absolute Gasteiger partial charge is 0.392 e. The Bertz CT molecular complexity index is 432. The molecular weight excluding hydrogens is 232 g/mol. The molecule has 98 valence electrons. The van der Waals surface area contributed by atoms with Crippen LogP contribution in [0.1, 0.15) is 18.4 Å². The number of nitro groups is 1. The first kappa shape index (κ1) is 14.2. The van der Waals surface area contributed by atoms with E-state index in [1.807, 2.05) is 18.0 Å². The number of unbranched alkanes of at least 4 members (excludes halogenated alkanes) is 1. The first-order valence-electron chi connectivity index (χ1n) is 5.80. The maximum Gasteiger partial charge on any atom is 0.269 e. The van der Waals surface area contributed by atoms with Gasteiger partial charge in [0.1, 0.15) is 0 Å². The third kappa shape index (κ3) is 3.56. The van der Waals surface area contributed by atoms with Gasteiger partial charge in [0.15, 0.2) is 0 Å². The maximum absolute atomic E-state index is 10.7. The van der Waals surface area contributed by atoms with E-state index in [9.17, 15) is 15.2 Å². The van der Waals surface area contributed by atoms with Crippen molar-refractivity contribution >= 4 is 11.4 Å². The zero-order chi connectivity index (χ0) is 13.5. The summed E-state index contributed by atoms with van der Waals surface area (Å²) in [5, 5.41) is 19.9. The Morgan fingerprint density at radius 1 is 1.56 bits per heavy atom. The van der Waals surface area contributed by atoms with E-state index in [2.05, 4.69) is 6.58 Å². The van der Waals surface area contributed by atoms with Crippen LogP contribution in [0.5, 0.6) is 0 Å². The first-order chi connectivity index (χ1) is 8.60. The van der Waals surface area contributed by atoms with Gasteiger partial charge >= 0.3 is 0 Å². The second-order valence-electron chi connectivity index (χ2n) is 4.08. The second kappa shape index (κ2) is 6.76. The van der Waals surface area contributed by atoms with Crippen molar-refractivity contribution < 1.29 is 10.0 Å². The number of hydrogen-bond donors (Lipinski definition) is 1. The average molecular weight is 250 g/mol. The van der Waals surface area contributed by atoms with E-state index in [-0.39, 0.29) is 12.3 Å². The summed E-state index contributed by atoms with van der Waals surface area (Å²) in [7, 11) is 1.91. The summed E-state index contributed by atoms with van der Waals surface area (Å²) in [5.41, 5.74) is 1.40. The van der Waals surface area contributed by atoms with Crippen LogP contribution in [0, 0.1) is 10.1 Å². The SMILES string of the molecule is C=CCCCN(C)c1ccc([N+](=O)[O-])cc1CO. The number of hydrogen-bond acceptors (Lipinski definition) is 4. The van der Waals surface area contributed by atoms with Crippen LogP contribution in [0.25, 0.3) is 0 Å². The monoisotopic (exact) mass is 250 g/mol. The molecule has 0 amide bonds. The van der Waals surface area contributed by atoms with E-state index in [4.69, 9.17) is 0 Å². The van der Waals surface area contributed by atoms with Crippen LogP contribution in [0.15, 0.2) is 30.9 Å². The van der Waals surface area contributed by atoms with Crippen LogP contribution in [0.3, 0.4) is 0 Å². The number of anilines is 1. The molecule has 0 radical (unpaired) electrons. The van der Waals surface area contributed by atoms with E-state index in [1.54, 1.807) is 6.07 Å². The lowest BCUT2D eigenvalue weighted by Crippen LogP contribution is -2.20. The fraction of sp³-hybridized carbons (Fsp3) is 0.385. The minimum absolute atomic E-state index is 0.00212. The highest BCUT2D eigenvalue weighted by molar-refractivity contribution is 5.57. The Morgan fingerprint density at radius 3 is 2.83 bits per heavy atom. The molecule has 5 heteroatoms. The van der Waals surface area contributed by atoms with Crippen molar-refractivity contribution in [3.8, 4) is 0 Å². The summed E-state index contributed by atoms with van der Waals surface area (Å²) in [4.78, 5) is 12.2. The Balaban J connectivity index is 2.87. The molecule has 0 spiro atoms. The van der Waals surface area contributed by atoms with Crippen molar-refractivity contribution in [2.45, 2.75) is 19.4 Å². The number of nitro benzene ring substituents is 1. The van der Waals surface area contributed by atoms with Gasteiger partial charge in [-0.2, -0.15) is 0 Å².